The molecule has 1 saturated heterocycles. The van der Waals surface area contributed by atoms with Crippen molar-refractivity contribution in [2.75, 3.05) is 18.5 Å². The number of nitrogens with one attached hydrogen (secondary N) is 1. The van der Waals surface area contributed by atoms with Gasteiger partial charge in [0.25, 0.3) is 5.91 Å². The van der Waals surface area contributed by atoms with E-state index in [-0.39, 0.29) is 18.5 Å². The van der Waals surface area contributed by atoms with Crippen LogP contribution in [0.2, 0.25) is 5.02 Å². The van der Waals surface area contributed by atoms with Gasteiger partial charge >= 0.3 is 6.18 Å². The number of nitrogen functional groups attached to an aromatic ring is 1. The van der Waals surface area contributed by atoms with Gasteiger partial charge < -0.3 is 10.3 Å². The van der Waals surface area contributed by atoms with Gasteiger partial charge in [-0.2, -0.15) is 13.2 Å². The summed E-state index contributed by atoms with van der Waals surface area (Å²) >= 11 is 5.84. The Kier molecular flexibility index (Phi) is 4.63. The number of carbonyl (C=O) groups excluding carboxylic acids is 1. The first-order valence-electron chi connectivity index (χ1n) is 6.45. The van der Waals surface area contributed by atoms with Gasteiger partial charge in [-0.15, -0.1) is 0 Å². The number of carbonyl (C=O) groups is 1. The summed E-state index contributed by atoms with van der Waals surface area (Å²) < 4.78 is 38.4. The maximum Gasteiger partial charge on any atom is 0.393 e. The molecule has 1 aromatic carbocycles. The lowest BCUT2D eigenvalue weighted by atomic mass is 9.96. The highest BCUT2D eigenvalue weighted by Crippen LogP contribution is 2.34. The van der Waals surface area contributed by atoms with Crippen molar-refractivity contribution in [3.8, 4) is 0 Å². The fourth-order valence-corrected chi connectivity index (χ4v) is 2.59. The van der Waals surface area contributed by atoms with Crippen LogP contribution < -0.4 is 11.3 Å². The normalized spacial score (nSPS) is 19.5. The summed E-state index contributed by atoms with van der Waals surface area (Å²) in [6.07, 6.45) is -3.92. The highest BCUT2D eigenvalue weighted by atomic mass is 35.5. The maximum absolute atomic E-state index is 12.8. The summed E-state index contributed by atoms with van der Waals surface area (Å²) in [5.74, 6) is 3.34. The summed E-state index contributed by atoms with van der Waals surface area (Å²) in [5, 5.41) is 0.321. The van der Waals surface area contributed by atoms with Crippen molar-refractivity contribution in [1.82, 2.24) is 4.90 Å². The second kappa shape index (κ2) is 6.11. The van der Waals surface area contributed by atoms with Gasteiger partial charge in [-0.25, -0.2) is 0 Å². The lowest BCUT2D eigenvalue weighted by Gasteiger charge is -2.34. The van der Waals surface area contributed by atoms with Crippen LogP contribution in [0.4, 0.5) is 18.9 Å². The van der Waals surface area contributed by atoms with E-state index >= 15 is 0 Å². The molecule has 1 unspecified atom stereocenters. The largest absolute Gasteiger partial charge is 0.393 e. The van der Waals surface area contributed by atoms with E-state index in [0.717, 1.165) is 0 Å². The van der Waals surface area contributed by atoms with E-state index in [1.54, 1.807) is 6.07 Å². The Balaban J connectivity index is 2.22. The molecular formula is C13H15ClF3N3O. The average Bonchev–Trinajstić information content (AvgIpc) is 2.45. The highest BCUT2D eigenvalue weighted by molar-refractivity contribution is 6.31. The molecule has 0 saturated carbocycles. The van der Waals surface area contributed by atoms with Gasteiger partial charge in [0.2, 0.25) is 0 Å². The first kappa shape index (κ1) is 15.9. The van der Waals surface area contributed by atoms with Crippen molar-refractivity contribution in [2.24, 2.45) is 11.8 Å². The number of alkyl halides is 3. The number of hydrazine groups is 1. The molecule has 2 rings (SSSR count). The van der Waals surface area contributed by atoms with Crippen LogP contribution in [0.1, 0.15) is 23.2 Å². The molecule has 21 heavy (non-hydrogen) atoms. The van der Waals surface area contributed by atoms with Gasteiger partial charge in [0, 0.05) is 18.1 Å². The van der Waals surface area contributed by atoms with Crippen molar-refractivity contribution in [3.05, 3.63) is 28.8 Å². The van der Waals surface area contributed by atoms with Gasteiger partial charge in [-0.05, 0) is 31.0 Å². The van der Waals surface area contributed by atoms with Gasteiger partial charge in [0.1, 0.15) is 0 Å². The molecule has 1 fully saturated rings. The quantitative estimate of drug-likeness (QED) is 0.650. The molecule has 0 aliphatic carbocycles. The molecule has 1 atom stereocenters. The topological polar surface area (TPSA) is 58.4 Å². The third kappa shape index (κ3) is 3.59. The maximum atomic E-state index is 12.8. The molecule has 8 heteroatoms. The molecule has 1 aliphatic heterocycles. The Labute approximate surface area is 125 Å². The summed E-state index contributed by atoms with van der Waals surface area (Å²) in [6, 6.07) is 4.46. The summed E-state index contributed by atoms with van der Waals surface area (Å²) in [5.41, 5.74) is 2.86. The van der Waals surface area contributed by atoms with Crippen LogP contribution in [-0.2, 0) is 0 Å². The zero-order valence-electron chi connectivity index (χ0n) is 11.1. The second-order valence-corrected chi connectivity index (χ2v) is 5.40. The molecule has 1 heterocycles. The van der Waals surface area contributed by atoms with Crippen LogP contribution in [0, 0.1) is 5.92 Å². The van der Waals surface area contributed by atoms with Crippen molar-refractivity contribution < 1.29 is 18.0 Å². The predicted molar refractivity (Wildman–Crippen MR) is 73.9 cm³/mol. The smallest absolute Gasteiger partial charge is 0.338 e. The van der Waals surface area contributed by atoms with E-state index in [4.69, 9.17) is 17.4 Å². The Morgan fingerprint density at radius 1 is 1.43 bits per heavy atom. The monoisotopic (exact) mass is 321 g/mol. The summed E-state index contributed by atoms with van der Waals surface area (Å²) in [7, 11) is 0. The molecule has 4 nitrogen and oxygen atoms in total. The van der Waals surface area contributed by atoms with Gasteiger partial charge in [-0.3, -0.25) is 10.6 Å². The van der Waals surface area contributed by atoms with Crippen molar-refractivity contribution in [1.29, 1.82) is 0 Å². The zero-order chi connectivity index (χ0) is 15.6. The minimum absolute atomic E-state index is 0.0465. The number of nitrogens with two attached hydrogens (primary N) is 1. The predicted octanol–water partition coefficient (Wildman–Crippen LogP) is 3.04. The number of piperidine rings is 1. The molecule has 0 radical (unpaired) electrons. The van der Waals surface area contributed by atoms with E-state index in [2.05, 4.69) is 5.43 Å². The van der Waals surface area contributed by atoms with E-state index in [1.807, 2.05) is 0 Å². The first-order chi connectivity index (χ1) is 9.82. The number of hydrogen-bond acceptors (Lipinski definition) is 3. The van der Waals surface area contributed by atoms with Crippen LogP contribution in [0.3, 0.4) is 0 Å². The molecular weight excluding hydrogens is 307 g/mol. The summed E-state index contributed by atoms with van der Waals surface area (Å²) in [4.78, 5) is 13.6. The van der Waals surface area contributed by atoms with E-state index in [9.17, 15) is 18.0 Å². The third-order valence-corrected chi connectivity index (χ3v) is 3.77. The number of benzene rings is 1. The van der Waals surface area contributed by atoms with E-state index < -0.39 is 18.0 Å². The number of hydrogen-bond donors (Lipinski definition) is 2. The Bertz CT molecular complexity index is 536. The highest BCUT2D eigenvalue weighted by Gasteiger charge is 2.42. The molecule has 0 spiro atoms. The molecule has 0 aromatic heterocycles. The van der Waals surface area contributed by atoms with Gasteiger partial charge in [0.05, 0.1) is 17.2 Å². The lowest BCUT2D eigenvalue weighted by Crippen LogP contribution is -2.44. The molecule has 1 aromatic rings. The van der Waals surface area contributed by atoms with E-state index in [0.29, 0.717) is 23.7 Å². The molecule has 0 bridgehead atoms. The van der Waals surface area contributed by atoms with Crippen LogP contribution in [0.25, 0.3) is 0 Å². The number of likely N-dealkylation sites (tertiary alicyclic amines) is 1. The Morgan fingerprint density at radius 3 is 2.76 bits per heavy atom. The standard InChI is InChI=1S/C13H15ClF3N3O/c14-9-3-4-11(19-18)10(6-9)12(21)20-5-1-2-8(7-20)13(15,16)17/h3-4,6,8,19H,1-2,5,7,18H2. The summed E-state index contributed by atoms with van der Waals surface area (Å²) in [6.45, 7) is -0.0409. The molecule has 1 aliphatic rings. The minimum atomic E-state index is -4.29. The fourth-order valence-electron chi connectivity index (χ4n) is 2.42. The number of anilines is 1. The van der Waals surface area contributed by atoms with Crippen LogP contribution in [0.15, 0.2) is 18.2 Å². The van der Waals surface area contributed by atoms with Crippen molar-refractivity contribution in [3.63, 3.8) is 0 Å². The zero-order valence-corrected chi connectivity index (χ0v) is 11.8. The number of rotatable bonds is 2. The van der Waals surface area contributed by atoms with Gasteiger partial charge in [0.15, 0.2) is 0 Å². The third-order valence-electron chi connectivity index (χ3n) is 3.54. The molecule has 116 valence electrons. The first-order valence-corrected chi connectivity index (χ1v) is 6.83. The van der Waals surface area contributed by atoms with Crippen LogP contribution in [-0.4, -0.2) is 30.1 Å². The van der Waals surface area contributed by atoms with Crippen LogP contribution in [0.5, 0.6) is 0 Å². The number of amides is 1. The Hall–Kier alpha value is -1.47. The number of halogens is 4. The minimum Gasteiger partial charge on any atom is -0.338 e. The van der Waals surface area contributed by atoms with Gasteiger partial charge in [-0.1, -0.05) is 11.6 Å². The average molecular weight is 322 g/mol. The van der Waals surface area contributed by atoms with Crippen LogP contribution >= 0.6 is 11.6 Å². The van der Waals surface area contributed by atoms with Crippen molar-refractivity contribution >= 4 is 23.2 Å². The van der Waals surface area contributed by atoms with Crippen molar-refractivity contribution in [2.45, 2.75) is 19.0 Å². The number of nitrogens with zero attached hydrogens (tertiary/aromatic N) is 1. The SMILES string of the molecule is NNc1ccc(Cl)cc1C(=O)N1CCCC(C(F)(F)F)C1. The molecule has 3 N–H and O–H groups in total. The fraction of sp³-hybridized carbons (Fsp3) is 0.462. The van der Waals surface area contributed by atoms with E-state index in [1.165, 1.54) is 17.0 Å². The molecule has 1 amide bonds. The lowest BCUT2D eigenvalue weighted by molar-refractivity contribution is -0.184. The second-order valence-electron chi connectivity index (χ2n) is 4.97. The Morgan fingerprint density at radius 2 is 2.14 bits per heavy atom.